The largest absolute Gasteiger partial charge is 0.493 e. The molecule has 0 spiro atoms. The number of ether oxygens (including phenoxy) is 1. The van der Waals surface area contributed by atoms with Crippen molar-refractivity contribution < 1.29 is 14.6 Å². The fourth-order valence-corrected chi connectivity index (χ4v) is 5.78. The lowest BCUT2D eigenvalue weighted by molar-refractivity contribution is -0.140. The summed E-state index contributed by atoms with van der Waals surface area (Å²) in [7, 11) is 0. The van der Waals surface area contributed by atoms with Gasteiger partial charge in [0, 0.05) is 48.3 Å². The summed E-state index contributed by atoms with van der Waals surface area (Å²) in [5.41, 5.74) is 12.9. The minimum atomic E-state index is -0.987. The number of anilines is 1. The molecule has 1 aromatic carbocycles. The third-order valence-electron chi connectivity index (χ3n) is 7.26. The van der Waals surface area contributed by atoms with Crippen molar-refractivity contribution in [3.05, 3.63) is 58.5 Å². The van der Waals surface area contributed by atoms with Gasteiger partial charge in [-0.05, 0) is 65.5 Å². The number of hydrogen-bond acceptors (Lipinski definition) is 7. The fourth-order valence-electron chi connectivity index (χ4n) is 5.19. The Morgan fingerprint density at radius 1 is 1.19 bits per heavy atom. The lowest BCUT2D eigenvalue weighted by atomic mass is 9.93. The highest BCUT2D eigenvalue weighted by Crippen LogP contribution is 2.37. The highest BCUT2D eigenvalue weighted by molar-refractivity contribution is 9.10. The maximum atomic E-state index is 12.2. The molecule has 1 saturated heterocycles. The number of likely N-dealkylation sites (tertiary alicyclic amines) is 1. The van der Waals surface area contributed by atoms with Crippen LogP contribution in [0, 0.1) is 0 Å². The molecule has 2 aliphatic rings. The van der Waals surface area contributed by atoms with Crippen molar-refractivity contribution in [2.75, 3.05) is 25.4 Å². The van der Waals surface area contributed by atoms with E-state index in [-0.39, 0.29) is 11.8 Å². The number of aromatic nitrogens is 4. The van der Waals surface area contributed by atoms with E-state index >= 15 is 0 Å². The molecule has 3 N–H and O–H groups in total. The first-order valence-electron chi connectivity index (χ1n) is 12.4. The molecule has 1 atom stereocenters. The summed E-state index contributed by atoms with van der Waals surface area (Å²) in [6.45, 7) is 3.37. The Kier molecular flexibility index (Phi) is 6.08. The molecule has 37 heavy (non-hydrogen) atoms. The molecule has 0 aliphatic carbocycles. The number of nitrogens with zero attached hydrogens (tertiary/aromatic N) is 5. The number of hydrogen-bond donors (Lipinski definition) is 2. The van der Waals surface area contributed by atoms with E-state index in [9.17, 15) is 9.90 Å². The van der Waals surface area contributed by atoms with Crippen LogP contribution in [0.5, 0.6) is 5.75 Å². The number of pyridine rings is 1. The summed E-state index contributed by atoms with van der Waals surface area (Å²) in [5.74, 6) is 1.34. The van der Waals surface area contributed by atoms with E-state index in [1.807, 2.05) is 30.5 Å². The monoisotopic (exact) mass is 562 g/mol. The third kappa shape index (κ3) is 4.23. The lowest BCUT2D eigenvalue weighted by Crippen LogP contribution is -2.42. The molecule has 10 heteroatoms. The second-order valence-electron chi connectivity index (χ2n) is 9.62. The molecule has 5 heterocycles. The normalized spacial score (nSPS) is 16.6. The first-order valence-corrected chi connectivity index (χ1v) is 13.2. The van der Waals surface area contributed by atoms with Crippen LogP contribution in [0.4, 0.5) is 5.82 Å². The zero-order chi connectivity index (χ0) is 25.7. The molecule has 190 valence electrons. The second-order valence-corrected chi connectivity index (χ2v) is 10.4. The quantitative estimate of drug-likeness (QED) is 0.388. The van der Waals surface area contributed by atoms with Crippen molar-refractivity contribution in [1.82, 2.24) is 24.5 Å². The van der Waals surface area contributed by atoms with Crippen LogP contribution < -0.4 is 10.5 Å². The standard InChI is InChI=1S/C27H27BrN6O3/c1-15(35)27(36)33-9-6-16(7-10-33)24-23(28)25(29)34-26(32-24)20(14-31-34)19-2-4-21(30-13-19)17-3-5-22-18(12-17)8-11-37-22/h2-5,12-16,35H,6-11,29H2,1H3/t15-/m1/s1. The molecule has 1 fully saturated rings. The van der Waals surface area contributed by atoms with Crippen LogP contribution in [0.15, 0.2) is 47.2 Å². The molecule has 0 bridgehead atoms. The maximum Gasteiger partial charge on any atom is 0.251 e. The van der Waals surface area contributed by atoms with Crippen LogP contribution in [-0.2, 0) is 11.2 Å². The smallest absolute Gasteiger partial charge is 0.251 e. The van der Waals surface area contributed by atoms with Crippen molar-refractivity contribution in [2.45, 2.75) is 38.2 Å². The van der Waals surface area contributed by atoms with Crippen molar-refractivity contribution in [2.24, 2.45) is 0 Å². The molecule has 3 aromatic heterocycles. The van der Waals surface area contributed by atoms with Gasteiger partial charge in [-0.1, -0.05) is 6.07 Å². The van der Waals surface area contributed by atoms with Crippen LogP contribution in [0.2, 0.25) is 0 Å². The van der Waals surface area contributed by atoms with Gasteiger partial charge >= 0.3 is 0 Å². The van der Waals surface area contributed by atoms with E-state index in [0.29, 0.717) is 24.6 Å². The Hall–Kier alpha value is -3.50. The van der Waals surface area contributed by atoms with Gasteiger partial charge in [-0.2, -0.15) is 9.61 Å². The van der Waals surface area contributed by atoms with E-state index in [2.05, 4.69) is 27.1 Å². The molecule has 2 aliphatic heterocycles. The van der Waals surface area contributed by atoms with Crippen LogP contribution in [0.3, 0.4) is 0 Å². The van der Waals surface area contributed by atoms with E-state index < -0.39 is 6.10 Å². The number of piperidine rings is 1. The predicted molar refractivity (Wildman–Crippen MR) is 143 cm³/mol. The van der Waals surface area contributed by atoms with Gasteiger partial charge in [-0.3, -0.25) is 9.78 Å². The van der Waals surface area contributed by atoms with Crippen molar-refractivity contribution in [3.63, 3.8) is 0 Å². The second kappa shape index (κ2) is 9.42. The minimum absolute atomic E-state index is 0.131. The number of amides is 1. The number of nitrogens with two attached hydrogens (primary N) is 1. The van der Waals surface area contributed by atoms with Crippen LogP contribution in [0.25, 0.3) is 28.0 Å². The summed E-state index contributed by atoms with van der Waals surface area (Å²) in [5, 5.41) is 14.1. The van der Waals surface area contributed by atoms with E-state index in [0.717, 1.165) is 64.2 Å². The Labute approximate surface area is 222 Å². The molecule has 0 saturated carbocycles. The number of aliphatic hydroxyl groups excluding tert-OH is 1. The predicted octanol–water partition coefficient (Wildman–Crippen LogP) is 3.82. The van der Waals surface area contributed by atoms with Crippen molar-refractivity contribution in [3.8, 4) is 28.1 Å². The number of halogens is 1. The van der Waals surface area contributed by atoms with Gasteiger partial charge in [0.05, 0.1) is 28.7 Å². The average molecular weight is 563 g/mol. The highest BCUT2D eigenvalue weighted by Gasteiger charge is 2.29. The van der Waals surface area contributed by atoms with Gasteiger partial charge in [0.25, 0.3) is 5.91 Å². The summed E-state index contributed by atoms with van der Waals surface area (Å²) in [6, 6.07) is 10.2. The zero-order valence-electron chi connectivity index (χ0n) is 20.4. The SMILES string of the molecule is C[C@@H](O)C(=O)N1CCC(c2nc3c(-c4ccc(-c5ccc6c(c5)CCO6)nc4)cnn3c(N)c2Br)CC1. The summed E-state index contributed by atoms with van der Waals surface area (Å²) in [4.78, 5) is 23.6. The maximum absolute atomic E-state index is 12.2. The molecule has 1 amide bonds. The van der Waals surface area contributed by atoms with Gasteiger partial charge < -0.3 is 20.5 Å². The van der Waals surface area contributed by atoms with E-state index in [1.54, 1.807) is 15.6 Å². The van der Waals surface area contributed by atoms with Crippen LogP contribution >= 0.6 is 15.9 Å². The number of carbonyl (C=O) groups excluding carboxylic acids is 1. The molecule has 9 nitrogen and oxygen atoms in total. The molecule has 0 radical (unpaired) electrons. The number of nitrogen functional groups attached to an aromatic ring is 1. The molecular formula is C27H27BrN6O3. The third-order valence-corrected chi connectivity index (χ3v) is 8.07. The Morgan fingerprint density at radius 2 is 1.97 bits per heavy atom. The van der Waals surface area contributed by atoms with Crippen molar-refractivity contribution >= 4 is 33.3 Å². The first kappa shape index (κ1) is 23.9. The fraction of sp³-hybridized carbons (Fsp3) is 0.333. The van der Waals surface area contributed by atoms with Gasteiger partial charge in [0.2, 0.25) is 0 Å². The van der Waals surface area contributed by atoms with Gasteiger partial charge in [0.1, 0.15) is 17.7 Å². The Morgan fingerprint density at radius 3 is 2.70 bits per heavy atom. The number of aliphatic hydroxyl groups is 1. The molecule has 0 unspecified atom stereocenters. The van der Waals surface area contributed by atoms with Gasteiger partial charge in [-0.15, -0.1) is 0 Å². The van der Waals surface area contributed by atoms with Crippen LogP contribution in [0.1, 0.15) is 36.9 Å². The van der Waals surface area contributed by atoms with Gasteiger partial charge in [0.15, 0.2) is 5.65 Å². The molecule has 6 rings (SSSR count). The minimum Gasteiger partial charge on any atom is -0.493 e. The summed E-state index contributed by atoms with van der Waals surface area (Å²) in [6.07, 6.45) is 5.03. The summed E-state index contributed by atoms with van der Waals surface area (Å²) >= 11 is 3.64. The topological polar surface area (TPSA) is 119 Å². The highest BCUT2D eigenvalue weighted by atomic mass is 79.9. The summed E-state index contributed by atoms with van der Waals surface area (Å²) < 4.78 is 7.99. The lowest BCUT2D eigenvalue weighted by Gasteiger charge is -2.33. The number of carbonyl (C=O) groups is 1. The first-order chi connectivity index (χ1) is 17.9. The molecular weight excluding hydrogens is 536 g/mol. The van der Waals surface area contributed by atoms with E-state index in [4.69, 9.17) is 20.4 Å². The Bertz CT molecular complexity index is 1490. The number of benzene rings is 1. The molecule has 4 aromatic rings. The zero-order valence-corrected chi connectivity index (χ0v) is 22.0. The number of rotatable bonds is 4. The van der Waals surface area contributed by atoms with Crippen LogP contribution in [-0.4, -0.2) is 61.3 Å². The van der Waals surface area contributed by atoms with Crippen molar-refractivity contribution in [1.29, 1.82) is 0 Å². The van der Waals surface area contributed by atoms with E-state index in [1.165, 1.54) is 12.5 Å². The average Bonchev–Trinajstić information content (AvgIpc) is 3.57. The van der Waals surface area contributed by atoms with Gasteiger partial charge in [-0.25, -0.2) is 4.98 Å². The number of fused-ring (bicyclic) bond motifs is 2. The Balaban J connectivity index is 1.30.